The van der Waals surface area contributed by atoms with Gasteiger partial charge in [-0.25, -0.2) is 9.78 Å². The van der Waals surface area contributed by atoms with Gasteiger partial charge >= 0.3 is 5.97 Å². The Kier molecular flexibility index (Phi) is 4.57. The number of thiazole rings is 1. The Morgan fingerprint density at radius 2 is 2.30 bits per heavy atom. The fraction of sp³-hybridized carbons (Fsp3) is 0.286. The van der Waals surface area contributed by atoms with Crippen molar-refractivity contribution in [2.45, 2.75) is 13.3 Å². The summed E-state index contributed by atoms with van der Waals surface area (Å²) in [5, 5.41) is 6.38. The van der Waals surface area contributed by atoms with Crippen molar-refractivity contribution < 1.29 is 9.53 Å². The predicted molar refractivity (Wildman–Crippen MR) is 81.2 cm³/mol. The summed E-state index contributed by atoms with van der Waals surface area (Å²) < 4.78 is 4.69. The number of aryl methyl sites for hydroxylation is 1. The van der Waals surface area contributed by atoms with Gasteiger partial charge in [-0.3, -0.25) is 0 Å². The normalized spacial score (nSPS) is 10.3. The molecular weight excluding hydrogens is 274 g/mol. The molecule has 20 heavy (non-hydrogen) atoms. The van der Waals surface area contributed by atoms with Crippen LogP contribution in [0.3, 0.4) is 0 Å². The Bertz CT molecular complexity index is 610. The third kappa shape index (κ3) is 3.48. The molecule has 3 N–H and O–H groups in total. The molecule has 1 aromatic carbocycles. The number of anilines is 2. The maximum Gasteiger partial charge on any atom is 0.340 e. The molecule has 0 unspecified atom stereocenters. The molecular formula is C14H17N3O2S. The minimum absolute atomic E-state index is 0.377. The summed E-state index contributed by atoms with van der Waals surface area (Å²) in [6.07, 6.45) is 0.844. The summed E-state index contributed by atoms with van der Waals surface area (Å²) in [5.74, 6) is -0.429. The Morgan fingerprint density at radius 1 is 1.50 bits per heavy atom. The van der Waals surface area contributed by atoms with Gasteiger partial charge in [-0.05, 0) is 25.1 Å². The molecule has 106 valence electrons. The molecule has 0 saturated carbocycles. The first kappa shape index (κ1) is 14.3. The zero-order chi connectivity index (χ0) is 14.5. The van der Waals surface area contributed by atoms with Crippen LogP contribution in [-0.2, 0) is 11.2 Å². The summed E-state index contributed by atoms with van der Waals surface area (Å²) in [4.78, 5) is 15.9. The molecule has 0 saturated heterocycles. The molecule has 1 aromatic heterocycles. The van der Waals surface area contributed by atoms with Gasteiger partial charge in [0.15, 0.2) is 0 Å². The molecule has 2 rings (SSSR count). The molecule has 5 nitrogen and oxygen atoms in total. The standard InChI is InChI=1S/C14H17N3O2S/c1-9-8-20-13(17-9)5-6-16-10-3-4-12(15)11(7-10)14(18)19-2/h3-4,7-8,16H,5-6,15H2,1-2H3. The van der Waals surface area contributed by atoms with E-state index in [0.717, 1.165) is 29.4 Å². The van der Waals surface area contributed by atoms with Crippen molar-refractivity contribution in [2.24, 2.45) is 0 Å². The Hall–Kier alpha value is -2.08. The predicted octanol–water partition coefficient (Wildman–Crippen LogP) is 2.47. The summed E-state index contributed by atoms with van der Waals surface area (Å²) in [5.41, 5.74) is 8.43. The lowest BCUT2D eigenvalue weighted by Gasteiger charge is -2.09. The molecule has 0 spiro atoms. The fourth-order valence-corrected chi connectivity index (χ4v) is 2.56. The van der Waals surface area contributed by atoms with Gasteiger partial charge < -0.3 is 15.8 Å². The number of hydrogen-bond acceptors (Lipinski definition) is 6. The van der Waals surface area contributed by atoms with E-state index in [1.807, 2.05) is 18.4 Å². The van der Waals surface area contributed by atoms with E-state index < -0.39 is 5.97 Å². The van der Waals surface area contributed by atoms with Gasteiger partial charge in [0.25, 0.3) is 0 Å². The van der Waals surface area contributed by atoms with E-state index in [2.05, 4.69) is 10.3 Å². The molecule has 0 radical (unpaired) electrons. The Labute approximate surface area is 121 Å². The largest absolute Gasteiger partial charge is 0.465 e. The summed E-state index contributed by atoms with van der Waals surface area (Å²) >= 11 is 1.65. The molecule has 0 bridgehead atoms. The van der Waals surface area contributed by atoms with Crippen molar-refractivity contribution in [3.8, 4) is 0 Å². The second-order valence-corrected chi connectivity index (χ2v) is 5.30. The van der Waals surface area contributed by atoms with Crippen LogP contribution in [0.5, 0.6) is 0 Å². The van der Waals surface area contributed by atoms with Crippen LogP contribution in [0.1, 0.15) is 21.1 Å². The topological polar surface area (TPSA) is 77.2 Å². The Balaban J connectivity index is 1.97. The highest BCUT2D eigenvalue weighted by Crippen LogP contribution is 2.19. The minimum Gasteiger partial charge on any atom is -0.465 e. The number of carbonyl (C=O) groups is 1. The van der Waals surface area contributed by atoms with Crippen molar-refractivity contribution in [3.05, 3.63) is 39.8 Å². The lowest BCUT2D eigenvalue weighted by atomic mass is 10.1. The van der Waals surface area contributed by atoms with Crippen LogP contribution in [0.4, 0.5) is 11.4 Å². The van der Waals surface area contributed by atoms with Crippen LogP contribution in [0, 0.1) is 6.92 Å². The average molecular weight is 291 g/mol. The number of methoxy groups -OCH3 is 1. The fourth-order valence-electron chi connectivity index (χ4n) is 1.78. The molecule has 0 aliphatic carbocycles. The van der Waals surface area contributed by atoms with Crippen LogP contribution >= 0.6 is 11.3 Å². The van der Waals surface area contributed by atoms with Crippen molar-refractivity contribution in [2.75, 3.05) is 24.7 Å². The maximum absolute atomic E-state index is 11.5. The van der Waals surface area contributed by atoms with E-state index >= 15 is 0 Å². The first-order valence-corrected chi connectivity index (χ1v) is 7.11. The molecule has 0 amide bonds. The number of nitrogens with zero attached hydrogens (tertiary/aromatic N) is 1. The van der Waals surface area contributed by atoms with Crippen molar-refractivity contribution in [1.29, 1.82) is 0 Å². The van der Waals surface area contributed by atoms with Crippen LogP contribution < -0.4 is 11.1 Å². The van der Waals surface area contributed by atoms with Gasteiger partial charge in [0, 0.05) is 35.4 Å². The molecule has 0 fully saturated rings. The quantitative estimate of drug-likeness (QED) is 0.653. The van der Waals surface area contributed by atoms with Gasteiger partial charge in [-0.1, -0.05) is 0 Å². The minimum atomic E-state index is -0.429. The van der Waals surface area contributed by atoms with E-state index in [9.17, 15) is 4.79 Å². The lowest BCUT2D eigenvalue weighted by Crippen LogP contribution is -2.09. The first-order chi connectivity index (χ1) is 9.60. The summed E-state index contributed by atoms with van der Waals surface area (Å²) in [6.45, 7) is 2.73. The van der Waals surface area contributed by atoms with Crippen molar-refractivity contribution >= 4 is 28.7 Å². The highest BCUT2D eigenvalue weighted by atomic mass is 32.1. The second-order valence-electron chi connectivity index (χ2n) is 4.35. The van der Waals surface area contributed by atoms with Crippen molar-refractivity contribution in [3.63, 3.8) is 0 Å². The van der Waals surface area contributed by atoms with Crippen LogP contribution in [0.25, 0.3) is 0 Å². The van der Waals surface area contributed by atoms with Crippen LogP contribution in [0.2, 0.25) is 0 Å². The molecule has 1 heterocycles. The van der Waals surface area contributed by atoms with Crippen molar-refractivity contribution in [1.82, 2.24) is 4.98 Å². The zero-order valence-electron chi connectivity index (χ0n) is 11.5. The monoisotopic (exact) mass is 291 g/mol. The number of aromatic nitrogens is 1. The van der Waals surface area contributed by atoms with Gasteiger partial charge in [0.2, 0.25) is 0 Å². The summed E-state index contributed by atoms with van der Waals surface area (Å²) in [7, 11) is 1.34. The van der Waals surface area contributed by atoms with Crippen LogP contribution in [0.15, 0.2) is 23.6 Å². The van der Waals surface area contributed by atoms with E-state index in [1.165, 1.54) is 7.11 Å². The molecule has 0 atom stereocenters. The third-order valence-electron chi connectivity index (χ3n) is 2.79. The number of esters is 1. The molecule has 2 aromatic rings. The van der Waals surface area contributed by atoms with Gasteiger partial charge in [0.05, 0.1) is 17.7 Å². The number of carbonyl (C=O) groups excluding carboxylic acids is 1. The Morgan fingerprint density at radius 3 is 2.95 bits per heavy atom. The third-order valence-corrected chi connectivity index (χ3v) is 3.82. The number of hydrogen-bond donors (Lipinski definition) is 2. The smallest absolute Gasteiger partial charge is 0.340 e. The second kappa shape index (κ2) is 6.38. The van der Waals surface area contributed by atoms with Crippen LogP contribution in [-0.4, -0.2) is 24.6 Å². The molecule has 6 heteroatoms. The first-order valence-electron chi connectivity index (χ1n) is 6.23. The van der Waals surface area contributed by atoms with Gasteiger partial charge in [0.1, 0.15) is 0 Å². The van der Waals surface area contributed by atoms with E-state index in [-0.39, 0.29) is 0 Å². The number of nitrogens with two attached hydrogens (primary N) is 1. The lowest BCUT2D eigenvalue weighted by molar-refractivity contribution is 0.0602. The number of rotatable bonds is 5. The zero-order valence-corrected chi connectivity index (χ0v) is 12.3. The molecule has 0 aliphatic heterocycles. The number of nitrogen functional groups attached to an aromatic ring is 1. The average Bonchev–Trinajstić information content (AvgIpc) is 2.85. The van der Waals surface area contributed by atoms with E-state index in [4.69, 9.17) is 10.5 Å². The number of benzene rings is 1. The SMILES string of the molecule is COC(=O)c1cc(NCCc2nc(C)cs2)ccc1N. The van der Waals surface area contributed by atoms with Gasteiger partial charge in [-0.15, -0.1) is 11.3 Å². The van der Waals surface area contributed by atoms with E-state index in [1.54, 1.807) is 23.5 Å². The summed E-state index contributed by atoms with van der Waals surface area (Å²) in [6, 6.07) is 5.24. The van der Waals surface area contributed by atoms with Gasteiger partial charge in [-0.2, -0.15) is 0 Å². The molecule has 0 aliphatic rings. The highest BCUT2D eigenvalue weighted by Gasteiger charge is 2.10. The van der Waals surface area contributed by atoms with E-state index in [0.29, 0.717) is 11.3 Å². The number of nitrogens with one attached hydrogen (secondary N) is 1. The maximum atomic E-state index is 11.5. The number of ether oxygens (including phenoxy) is 1. The highest BCUT2D eigenvalue weighted by molar-refractivity contribution is 7.09.